The maximum absolute atomic E-state index is 12.5. The Morgan fingerprint density at radius 3 is 2.58 bits per heavy atom. The van der Waals surface area contributed by atoms with E-state index in [0.717, 1.165) is 4.90 Å². The molecule has 0 bridgehead atoms. The SMILES string of the molecule is O=C(NN[C@@H]1CC(=O)N(c2ccc(Cl)cc2)C1=O)c1cc(Br)ccc1O. The predicted octanol–water partition coefficient (Wildman–Crippen LogP) is 2.37. The number of benzene rings is 2. The largest absolute Gasteiger partial charge is 0.507 e. The van der Waals surface area contributed by atoms with Gasteiger partial charge in [-0.25, -0.2) is 10.3 Å². The summed E-state index contributed by atoms with van der Waals surface area (Å²) in [5.74, 6) is -1.72. The summed E-state index contributed by atoms with van der Waals surface area (Å²) in [6.45, 7) is 0. The topological polar surface area (TPSA) is 98.7 Å². The average molecular weight is 439 g/mol. The Hall–Kier alpha value is -2.42. The standard InChI is InChI=1S/C17H13BrClN3O4/c18-9-1-6-14(23)12(7-9)16(25)21-20-13-8-15(24)22(17(13)26)11-4-2-10(19)3-5-11/h1-7,13,20,23H,8H2,(H,21,25)/t13-/m1/s1. The third-order valence-corrected chi connectivity index (χ3v) is 4.54. The summed E-state index contributed by atoms with van der Waals surface area (Å²) in [5, 5.41) is 10.2. The van der Waals surface area contributed by atoms with Crippen LogP contribution < -0.4 is 15.8 Å². The van der Waals surface area contributed by atoms with Crippen LogP contribution in [0, 0.1) is 0 Å². The van der Waals surface area contributed by atoms with Gasteiger partial charge in [-0.3, -0.25) is 19.8 Å². The number of rotatable bonds is 4. The van der Waals surface area contributed by atoms with E-state index < -0.39 is 23.8 Å². The van der Waals surface area contributed by atoms with Crippen molar-refractivity contribution in [1.82, 2.24) is 10.9 Å². The first-order valence-corrected chi connectivity index (χ1v) is 8.70. The number of hydrogen-bond acceptors (Lipinski definition) is 5. The lowest BCUT2D eigenvalue weighted by molar-refractivity contribution is -0.121. The number of phenolic OH excluding ortho intramolecular Hbond substituents is 1. The molecular formula is C17H13BrClN3O4. The Morgan fingerprint density at radius 1 is 1.19 bits per heavy atom. The average Bonchev–Trinajstić information content (AvgIpc) is 2.89. The van der Waals surface area contributed by atoms with E-state index in [1.807, 2.05) is 0 Å². The summed E-state index contributed by atoms with van der Waals surface area (Å²) in [4.78, 5) is 37.9. The van der Waals surface area contributed by atoms with Gasteiger partial charge in [-0.1, -0.05) is 27.5 Å². The second kappa shape index (κ2) is 7.45. The van der Waals surface area contributed by atoms with E-state index in [1.54, 1.807) is 30.3 Å². The first-order chi connectivity index (χ1) is 12.4. The van der Waals surface area contributed by atoms with Crippen LogP contribution in [0.15, 0.2) is 46.9 Å². The molecule has 3 rings (SSSR count). The number of anilines is 1. The number of imide groups is 1. The van der Waals surface area contributed by atoms with Crippen LogP contribution in [-0.4, -0.2) is 28.9 Å². The van der Waals surface area contributed by atoms with Gasteiger partial charge in [0.2, 0.25) is 5.91 Å². The maximum Gasteiger partial charge on any atom is 0.269 e. The molecule has 134 valence electrons. The zero-order chi connectivity index (χ0) is 18.8. The zero-order valence-electron chi connectivity index (χ0n) is 13.2. The number of phenols is 1. The smallest absolute Gasteiger partial charge is 0.269 e. The van der Waals surface area contributed by atoms with Gasteiger partial charge in [0.1, 0.15) is 11.8 Å². The minimum absolute atomic E-state index is 0.0261. The number of nitrogens with zero attached hydrogens (tertiary/aromatic N) is 1. The van der Waals surface area contributed by atoms with Crippen molar-refractivity contribution in [2.75, 3.05) is 4.90 Å². The van der Waals surface area contributed by atoms with E-state index in [-0.39, 0.29) is 17.7 Å². The summed E-state index contributed by atoms with van der Waals surface area (Å²) in [7, 11) is 0. The van der Waals surface area contributed by atoms with E-state index in [1.165, 1.54) is 12.1 Å². The molecule has 1 aliphatic heterocycles. The molecule has 2 aromatic carbocycles. The summed E-state index contributed by atoms with van der Waals surface area (Å²) in [6.07, 6.45) is -0.105. The molecule has 0 spiro atoms. The van der Waals surface area contributed by atoms with Crippen molar-refractivity contribution in [3.8, 4) is 5.75 Å². The highest BCUT2D eigenvalue weighted by atomic mass is 79.9. The third-order valence-electron chi connectivity index (χ3n) is 3.79. The van der Waals surface area contributed by atoms with Gasteiger partial charge in [-0.05, 0) is 42.5 Å². The molecular weight excluding hydrogens is 426 g/mol. The first-order valence-electron chi connectivity index (χ1n) is 7.53. The Balaban J connectivity index is 1.68. The molecule has 9 heteroatoms. The number of carbonyl (C=O) groups excluding carboxylic acids is 3. The van der Waals surface area contributed by atoms with Gasteiger partial charge in [0.05, 0.1) is 17.7 Å². The van der Waals surface area contributed by atoms with E-state index in [0.29, 0.717) is 15.2 Å². The van der Waals surface area contributed by atoms with Crippen LogP contribution in [0.5, 0.6) is 5.75 Å². The Morgan fingerprint density at radius 2 is 1.88 bits per heavy atom. The normalized spacial score (nSPS) is 16.8. The molecule has 26 heavy (non-hydrogen) atoms. The lowest BCUT2D eigenvalue weighted by atomic mass is 10.2. The summed E-state index contributed by atoms with van der Waals surface area (Å²) >= 11 is 9.03. The van der Waals surface area contributed by atoms with E-state index in [2.05, 4.69) is 26.8 Å². The number of nitrogens with one attached hydrogen (secondary N) is 2. The Kier molecular flexibility index (Phi) is 5.26. The second-order valence-electron chi connectivity index (χ2n) is 5.56. The van der Waals surface area contributed by atoms with Gasteiger partial charge < -0.3 is 5.11 Å². The van der Waals surface area contributed by atoms with Crippen molar-refractivity contribution in [2.24, 2.45) is 0 Å². The number of aromatic hydroxyl groups is 1. The van der Waals surface area contributed by atoms with Crippen molar-refractivity contribution in [1.29, 1.82) is 0 Å². The van der Waals surface area contributed by atoms with Crippen molar-refractivity contribution >= 4 is 50.9 Å². The summed E-state index contributed by atoms with van der Waals surface area (Å²) in [6, 6.07) is 9.78. The molecule has 7 nitrogen and oxygen atoms in total. The molecule has 2 aromatic rings. The molecule has 1 saturated heterocycles. The van der Waals surface area contributed by atoms with E-state index in [9.17, 15) is 19.5 Å². The monoisotopic (exact) mass is 437 g/mol. The molecule has 3 N–H and O–H groups in total. The number of carbonyl (C=O) groups is 3. The lowest BCUT2D eigenvalue weighted by Crippen LogP contribution is -2.48. The molecule has 1 atom stereocenters. The Bertz CT molecular complexity index is 888. The fourth-order valence-corrected chi connectivity index (χ4v) is 3.00. The van der Waals surface area contributed by atoms with Crippen molar-refractivity contribution in [2.45, 2.75) is 12.5 Å². The van der Waals surface area contributed by atoms with E-state index in [4.69, 9.17) is 11.6 Å². The molecule has 1 heterocycles. The van der Waals surface area contributed by atoms with Crippen LogP contribution >= 0.6 is 27.5 Å². The zero-order valence-corrected chi connectivity index (χ0v) is 15.5. The quantitative estimate of drug-likeness (QED) is 0.503. The van der Waals surface area contributed by atoms with Gasteiger partial charge in [0.15, 0.2) is 0 Å². The highest BCUT2D eigenvalue weighted by Gasteiger charge is 2.39. The minimum atomic E-state index is -0.906. The molecule has 3 amide bonds. The van der Waals surface area contributed by atoms with Crippen LogP contribution in [-0.2, 0) is 9.59 Å². The maximum atomic E-state index is 12.5. The molecule has 1 fully saturated rings. The Labute approximate surface area is 162 Å². The molecule has 0 unspecified atom stereocenters. The summed E-state index contributed by atoms with van der Waals surface area (Å²) < 4.78 is 0.612. The number of halogens is 2. The predicted molar refractivity (Wildman–Crippen MR) is 98.8 cm³/mol. The van der Waals surface area contributed by atoms with Crippen LogP contribution in [0.1, 0.15) is 16.8 Å². The fourth-order valence-electron chi connectivity index (χ4n) is 2.52. The number of amides is 3. The van der Waals surface area contributed by atoms with Crippen LogP contribution in [0.25, 0.3) is 0 Å². The molecule has 1 aliphatic rings. The van der Waals surface area contributed by atoms with Crippen molar-refractivity contribution < 1.29 is 19.5 Å². The van der Waals surface area contributed by atoms with Gasteiger partial charge in [-0.15, -0.1) is 0 Å². The minimum Gasteiger partial charge on any atom is -0.507 e. The van der Waals surface area contributed by atoms with Gasteiger partial charge in [0.25, 0.3) is 11.8 Å². The molecule has 0 radical (unpaired) electrons. The van der Waals surface area contributed by atoms with Gasteiger partial charge >= 0.3 is 0 Å². The number of hydrazine groups is 1. The van der Waals surface area contributed by atoms with Crippen LogP contribution in [0.3, 0.4) is 0 Å². The van der Waals surface area contributed by atoms with Crippen LogP contribution in [0.4, 0.5) is 5.69 Å². The second-order valence-corrected chi connectivity index (χ2v) is 6.91. The van der Waals surface area contributed by atoms with Gasteiger partial charge in [-0.2, -0.15) is 0 Å². The first kappa shape index (κ1) is 18.4. The highest BCUT2D eigenvalue weighted by molar-refractivity contribution is 9.10. The summed E-state index contributed by atoms with van der Waals surface area (Å²) in [5.41, 5.74) is 5.34. The fraction of sp³-hybridized carbons (Fsp3) is 0.118. The van der Waals surface area contributed by atoms with E-state index >= 15 is 0 Å². The number of hydrogen-bond donors (Lipinski definition) is 3. The third kappa shape index (κ3) is 3.72. The van der Waals surface area contributed by atoms with Gasteiger partial charge in [0, 0.05) is 9.50 Å². The molecule has 0 aliphatic carbocycles. The lowest BCUT2D eigenvalue weighted by Gasteiger charge is -2.16. The highest BCUT2D eigenvalue weighted by Crippen LogP contribution is 2.25. The van der Waals surface area contributed by atoms with Crippen molar-refractivity contribution in [3.63, 3.8) is 0 Å². The van der Waals surface area contributed by atoms with Crippen LogP contribution in [0.2, 0.25) is 5.02 Å². The molecule has 0 aromatic heterocycles. The van der Waals surface area contributed by atoms with Crippen molar-refractivity contribution in [3.05, 3.63) is 57.5 Å². The molecule has 0 saturated carbocycles.